The maximum absolute atomic E-state index is 11.8. The molecule has 1 N–H and O–H groups in total. The molecule has 2 unspecified atom stereocenters. The highest BCUT2D eigenvalue weighted by atomic mass is 16.6. The number of carbonyl (C=O) groups excluding carboxylic acids is 2. The van der Waals surface area contributed by atoms with E-state index in [1.807, 2.05) is 0 Å². The monoisotopic (exact) mass is 374 g/mol. The molecule has 0 aromatic heterocycles. The maximum atomic E-state index is 11.8. The Kier molecular flexibility index (Phi) is 16.5. The van der Waals surface area contributed by atoms with Gasteiger partial charge in [-0.3, -0.25) is 4.79 Å². The molecule has 0 rings (SSSR count). The van der Waals surface area contributed by atoms with E-state index in [-0.39, 0.29) is 31.9 Å². The minimum atomic E-state index is -0.493. The van der Waals surface area contributed by atoms with E-state index in [1.165, 1.54) is 6.92 Å². The van der Waals surface area contributed by atoms with Crippen LogP contribution in [0.25, 0.3) is 0 Å². The summed E-state index contributed by atoms with van der Waals surface area (Å²) in [6.07, 6.45) is 9.22. The molecule has 0 aromatic rings. The summed E-state index contributed by atoms with van der Waals surface area (Å²) >= 11 is 0. The lowest BCUT2D eigenvalue weighted by molar-refractivity contribution is -0.160. The van der Waals surface area contributed by atoms with Gasteiger partial charge in [-0.2, -0.15) is 0 Å². The molecule has 0 aliphatic heterocycles. The highest BCUT2D eigenvalue weighted by Crippen LogP contribution is 2.10. The van der Waals surface area contributed by atoms with Crippen molar-refractivity contribution in [1.29, 1.82) is 0 Å². The number of carbonyl (C=O) groups is 2. The zero-order chi connectivity index (χ0) is 19.6. The van der Waals surface area contributed by atoms with Crippen LogP contribution in [-0.2, 0) is 23.8 Å². The summed E-state index contributed by atoms with van der Waals surface area (Å²) in [5, 5.41) is 9.31. The van der Waals surface area contributed by atoms with Crippen LogP contribution in [0.2, 0.25) is 0 Å². The molecule has 6 nitrogen and oxygen atoms in total. The second kappa shape index (κ2) is 17.3. The highest BCUT2D eigenvalue weighted by molar-refractivity contribution is 5.70. The van der Waals surface area contributed by atoms with Gasteiger partial charge < -0.3 is 19.3 Å². The van der Waals surface area contributed by atoms with Gasteiger partial charge in [-0.15, -0.1) is 0 Å². The number of aliphatic hydroxyl groups excluding tert-OH is 1. The van der Waals surface area contributed by atoms with Crippen LogP contribution in [0.5, 0.6) is 0 Å². The second-order valence-electron chi connectivity index (χ2n) is 6.74. The van der Waals surface area contributed by atoms with Gasteiger partial charge in [-0.1, -0.05) is 52.4 Å². The minimum absolute atomic E-state index is 0.175. The fourth-order valence-electron chi connectivity index (χ4n) is 2.69. The van der Waals surface area contributed by atoms with Crippen LogP contribution in [-0.4, -0.2) is 49.1 Å². The highest BCUT2D eigenvalue weighted by Gasteiger charge is 2.16. The van der Waals surface area contributed by atoms with Gasteiger partial charge in [0.05, 0.1) is 13.2 Å². The van der Waals surface area contributed by atoms with Gasteiger partial charge in [-0.25, -0.2) is 4.79 Å². The molecule has 6 heteroatoms. The first-order chi connectivity index (χ1) is 12.5. The number of hydrogen-bond donors (Lipinski definition) is 1. The Hall–Kier alpha value is -1.14. The molecular formula is C20H38O6. The van der Waals surface area contributed by atoms with Crippen molar-refractivity contribution in [3.8, 4) is 0 Å². The lowest BCUT2D eigenvalue weighted by Gasteiger charge is -2.18. The topological polar surface area (TPSA) is 82.1 Å². The summed E-state index contributed by atoms with van der Waals surface area (Å²) in [5.41, 5.74) is 0. The Morgan fingerprint density at radius 1 is 0.846 bits per heavy atom. The number of hydrogen-bond acceptors (Lipinski definition) is 6. The van der Waals surface area contributed by atoms with Crippen molar-refractivity contribution in [3.63, 3.8) is 0 Å². The van der Waals surface area contributed by atoms with E-state index in [1.54, 1.807) is 0 Å². The van der Waals surface area contributed by atoms with Gasteiger partial charge in [0, 0.05) is 6.92 Å². The normalized spacial score (nSPS) is 13.2. The predicted molar refractivity (Wildman–Crippen MR) is 101 cm³/mol. The summed E-state index contributed by atoms with van der Waals surface area (Å²) < 4.78 is 15.8. The van der Waals surface area contributed by atoms with Crippen molar-refractivity contribution >= 4 is 11.9 Å². The molecule has 0 aliphatic rings. The lowest BCUT2D eigenvalue weighted by atomic mass is 10.1. The third-order valence-electron chi connectivity index (χ3n) is 4.12. The Labute approximate surface area is 158 Å². The number of ether oxygens (including phenoxy) is 3. The molecule has 0 spiro atoms. The summed E-state index contributed by atoms with van der Waals surface area (Å²) in [5.74, 6) is -0.837. The molecule has 0 aliphatic carbocycles. The standard InChI is InChI=1S/C20H38O6/c1-4-6-8-10-12-18(14-21)26-20(23)16-24-15-19(25-17(3)22)13-11-9-7-5-2/h18-19,21H,4-16H2,1-3H3. The Morgan fingerprint density at radius 3 is 1.92 bits per heavy atom. The zero-order valence-corrected chi connectivity index (χ0v) is 16.8. The quantitative estimate of drug-likeness (QED) is 0.308. The van der Waals surface area contributed by atoms with Crippen molar-refractivity contribution in [2.45, 2.75) is 97.2 Å². The van der Waals surface area contributed by atoms with Crippen molar-refractivity contribution in [3.05, 3.63) is 0 Å². The van der Waals surface area contributed by atoms with Crippen LogP contribution in [0.3, 0.4) is 0 Å². The molecule has 2 atom stereocenters. The van der Waals surface area contributed by atoms with Crippen LogP contribution >= 0.6 is 0 Å². The summed E-state index contributed by atoms with van der Waals surface area (Å²) in [6, 6.07) is 0. The first kappa shape index (κ1) is 24.9. The molecule has 154 valence electrons. The van der Waals surface area contributed by atoms with E-state index in [0.29, 0.717) is 6.42 Å². The average molecular weight is 375 g/mol. The van der Waals surface area contributed by atoms with Crippen LogP contribution < -0.4 is 0 Å². The third-order valence-corrected chi connectivity index (χ3v) is 4.12. The van der Waals surface area contributed by atoms with E-state index in [2.05, 4.69) is 13.8 Å². The largest absolute Gasteiger partial charge is 0.460 e. The van der Waals surface area contributed by atoms with Crippen molar-refractivity contribution in [2.75, 3.05) is 19.8 Å². The first-order valence-corrected chi connectivity index (χ1v) is 10.1. The van der Waals surface area contributed by atoms with Crippen molar-refractivity contribution in [2.24, 2.45) is 0 Å². The summed E-state index contributed by atoms with van der Waals surface area (Å²) in [7, 11) is 0. The molecule has 0 amide bonds. The molecular weight excluding hydrogens is 336 g/mol. The van der Waals surface area contributed by atoms with Crippen LogP contribution in [0, 0.1) is 0 Å². The number of unbranched alkanes of at least 4 members (excludes halogenated alkanes) is 6. The average Bonchev–Trinajstić information content (AvgIpc) is 2.60. The van der Waals surface area contributed by atoms with Gasteiger partial charge in [0.15, 0.2) is 0 Å². The molecule has 0 aromatic carbocycles. The van der Waals surface area contributed by atoms with Crippen molar-refractivity contribution < 1.29 is 28.9 Å². The SMILES string of the molecule is CCCCCCC(COCC(=O)OC(CO)CCCCCC)OC(C)=O. The fourth-order valence-corrected chi connectivity index (χ4v) is 2.69. The number of aliphatic hydroxyl groups is 1. The Morgan fingerprint density at radius 2 is 1.42 bits per heavy atom. The van der Waals surface area contributed by atoms with Crippen molar-refractivity contribution in [1.82, 2.24) is 0 Å². The fraction of sp³-hybridized carbons (Fsp3) is 0.900. The van der Waals surface area contributed by atoms with Crippen LogP contribution in [0.1, 0.15) is 85.0 Å². The molecule has 0 radical (unpaired) electrons. The first-order valence-electron chi connectivity index (χ1n) is 10.1. The Bertz CT molecular complexity index is 358. The summed E-state index contributed by atoms with van der Waals surface area (Å²) in [6.45, 7) is 5.46. The van der Waals surface area contributed by atoms with E-state index >= 15 is 0 Å². The third kappa shape index (κ3) is 15.1. The second-order valence-corrected chi connectivity index (χ2v) is 6.74. The molecule has 26 heavy (non-hydrogen) atoms. The van der Waals surface area contributed by atoms with E-state index in [0.717, 1.165) is 57.8 Å². The molecule has 0 fully saturated rings. The van der Waals surface area contributed by atoms with E-state index in [4.69, 9.17) is 14.2 Å². The van der Waals surface area contributed by atoms with E-state index < -0.39 is 12.1 Å². The zero-order valence-electron chi connectivity index (χ0n) is 16.8. The van der Waals surface area contributed by atoms with Gasteiger partial charge in [0.25, 0.3) is 0 Å². The van der Waals surface area contributed by atoms with Gasteiger partial charge >= 0.3 is 11.9 Å². The van der Waals surface area contributed by atoms with Gasteiger partial charge in [-0.05, 0) is 25.7 Å². The summed E-state index contributed by atoms with van der Waals surface area (Å²) in [4.78, 5) is 23.0. The number of rotatable bonds is 17. The molecule has 0 bridgehead atoms. The maximum Gasteiger partial charge on any atom is 0.332 e. The smallest absolute Gasteiger partial charge is 0.332 e. The minimum Gasteiger partial charge on any atom is -0.460 e. The van der Waals surface area contributed by atoms with Gasteiger partial charge in [0.2, 0.25) is 0 Å². The van der Waals surface area contributed by atoms with Crippen LogP contribution in [0.4, 0.5) is 0 Å². The molecule has 0 heterocycles. The Balaban J connectivity index is 4.04. The lowest BCUT2D eigenvalue weighted by Crippen LogP contribution is -2.27. The molecule has 0 saturated carbocycles. The van der Waals surface area contributed by atoms with E-state index in [9.17, 15) is 14.7 Å². The van der Waals surface area contributed by atoms with Crippen LogP contribution in [0.15, 0.2) is 0 Å². The van der Waals surface area contributed by atoms with Gasteiger partial charge in [0.1, 0.15) is 18.8 Å². The predicted octanol–water partition coefficient (Wildman–Crippen LogP) is 3.78. The number of esters is 2. The molecule has 0 saturated heterocycles.